The van der Waals surface area contributed by atoms with Crippen LogP contribution in [0.4, 0.5) is 5.95 Å². The van der Waals surface area contributed by atoms with Gasteiger partial charge in [0.25, 0.3) is 5.91 Å². The lowest BCUT2D eigenvalue weighted by Crippen LogP contribution is -2.41. The molecule has 1 heterocycles. The lowest BCUT2D eigenvalue weighted by Gasteiger charge is -2.20. The Morgan fingerprint density at radius 2 is 1.96 bits per heavy atom. The number of carbonyl (C=O) groups is 1. The molecule has 6 nitrogen and oxygen atoms in total. The number of anilines is 1. The molecule has 0 aliphatic heterocycles. The average Bonchev–Trinajstić information content (AvgIpc) is 2.54. The largest absolute Gasteiger partial charge is 0.496 e. The number of nitrogens with zero attached hydrogens (tertiary/aromatic N) is 2. The molecule has 0 aliphatic carbocycles. The summed E-state index contributed by atoms with van der Waals surface area (Å²) in [7, 11) is 1.66. The van der Waals surface area contributed by atoms with Gasteiger partial charge in [0.05, 0.1) is 7.11 Å². The standard InChI is InChI=1S/C18H24N4O2/c1-18(2,3)22-16(23)14-10-12-20-17(21-14)19-11-9-13-7-5-6-8-15(13)24-4/h5-8,10,12H,9,11H2,1-4H3,(H,22,23)(H,19,20,21). The molecule has 0 radical (unpaired) electrons. The van der Waals surface area contributed by atoms with Crippen LogP contribution in [0, 0.1) is 0 Å². The third-order valence-corrected chi connectivity index (χ3v) is 3.25. The van der Waals surface area contributed by atoms with Crippen LogP contribution in [0.15, 0.2) is 36.5 Å². The molecule has 0 saturated carbocycles. The van der Waals surface area contributed by atoms with Crippen LogP contribution in [0.2, 0.25) is 0 Å². The molecule has 1 aromatic carbocycles. The molecule has 0 fully saturated rings. The van der Waals surface area contributed by atoms with Gasteiger partial charge in [-0.15, -0.1) is 0 Å². The van der Waals surface area contributed by atoms with Crippen molar-refractivity contribution >= 4 is 11.9 Å². The van der Waals surface area contributed by atoms with Crippen LogP contribution in [0.1, 0.15) is 36.8 Å². The fourth-order valence-corrected chi connectivity index (χ4v) is 2.19. The fraction of sp³-hybridized carbons (Fsp3) is 0.389. The third kappa shape index (κ3) is 5.22. The number of nitrogens with one attached hydrogen (secondary N) is 2. The molecule has 0 unspecified atom stereocenters. The minimum Gasteiger partial charge on any atom is -0.496 e. The zero-order valence-electron chi connectivity index (χ0n) is 14.6. The molecule has 0 bridgehead atoms. The van der Waals surface area contributed by atoms with Gasteiger partial charge in [0.2, 0.25) is 5.95 Å². The van der Waals surface area contributed by atoms with E-state index in [1.165, 1.54) is 0 Å². The number of benzene rings is 1. The Balaban J connectivity index is 1.96. The van der Waals surface area contributed by atoms with Crippen molar-refractivity contribution in [3.8, 4) is 5.75 Å². The summed E-state index contributed by atoms with van der Waals surface area (Å²) < 4.78 is 5.33. The summed E-state index contributed by atoms with van der Waals surface area (Å²) >= 11 is 0. The topological polar surface area (TPSA) is 76.1 Å². The SMILES string of the molecule is COc1ccccc1CCNc1nccc(C(=O)NC(C)(C)C)n1. The zero-order chi connectivity index (χ0) is 17.6. The second-order valence-corrected chi connectivity index (χ2v) is 6.46. The highest BCUT2D eigenvalue weighted by Crippen LogP contribution is 2.17. The van der Waals surface area contributed by atoms with Crippen molar-refractivity contribution < 1.29 is 9.53 Å². The zero-order valence-corrected chi connectivity index (χ0v) is 14.6. The quantitative estimate of drug-likeness (QED) is 0.852. The Hall–Kier alpha value is -2.63. The molecule has 0 atom stereocenters. The monoisotopic (exact) mass is 328 g/mol. The number of hydrogen-bond acceptors (Lipinski definition) is 5. The van der Waals surface area contributed by atoms with E-state index in [9.17, 15) is 4.79 Å². The molecule has 2 aromatic rings. The van der Waals surface area contributed by atoms with E-state index < -0.39 is 0 Å². The molecule has 1 aromatic heterocycles. The fourth-order valence-electron chi connectivity index (χ4n) is 2.19. The molecule has 128 valence electrons. The maximum atomic E-state index is 12.1. The van der Waals surface area contributed by atoms with Gasteiger partial charge in [-0.05, 0) is 44.9 Å². The van der Waals surface area contributed by atoms with E-state index >= 15 is 0 Å². The smallest absolute Gasteiger partial charge is 0.270 e. The lowest BCUT2D eigenvalue weighted by atomic mass is 10.1. The second kappa shape index (κ2) is 7.77. The molecule has 6 heteroatoms. The van der Waals surface area contributed by atoms with Crippen molar-refractivity contribution in [1.82, 2.24) is 15.3 Å². The Morgan fingerprint density at radius 1 is 1.21 bits per heavy atom. The first-order valence-electron chi connectivity index (χ1n) is 7.90. The van der Waals surface area contributed by atoms with Gasteiger partial charge < -0.3 is 15.4 Å². The number of methoxy groups -OCH3 is 1. The molecule has 0 spiro atoms. The van der Waals surface area contributed by atoms with Gasteiger partial charge in [0.15, 0.2) is 0 Å². The molecular weight excluding hydrogens is 304 g/mol. The van der Waals surface area contributed by atoms with Gasteiger partial charge in [-0.1, -0.05) is 18.2 Å². The molecule has 1 amide bonds. The number of rotatable bonds is 6. The van der Waals surface area contributed by atoms with Crippen LogP contribution in [-0.4, -0.2) is 35.1 Å². The predicted octanol–water partition coefficient (Wildman–Crippen LogP) is 2.67. The maximum absolute atomic E-state index is 12.1. The number of carbonyl (C=O) groups excluding carboxylic acids is 1. The van der Waals surface area contributed by atoms with Crippen molar-refractivity contribution in [2.75, 3.05) is 19.0 Å². The number of para-hydroxylation sites is 1. The summed E-state index contributed by atoms with van der Waals surface area (Å²) in [5, 5.41) is 6.03. The first-order valence-corrected chi connectivity index (χ1v) is 7.90. The van der Waals surface area contributed by atoms with Crippen molar-refractivity contribution in [3.63, 3.8) is 0 Å². The van der Waals surface area contributed by atoms with Crippen LogP contribution < -0.4 is 15.4 Å². The highest BCUT2D eigenvalue weighted by molar-refractivity contribution is 5.92. The van der Waals surface area contributed by atoms with E-state index in [2.05, 4.69) is 20.6 Å². The lowest BCUT2D eigenvalue weighted by molar-refractivity contribution is 0.0914. The first kappa shape index (κ1) is 17.7. The highest BCUT2D eigenvalue weighted by atomic mass is 16.5. The van der Waals surface area contributed by atoms with Gasteiger partial charge in [-0.2, -0.15) is 0 Å². The van der Waals surface area contributed by atoms with Gasteiger partial charge in [-0.3, -0.25) is 4.79 Å². The Bertz CT molecular complexity index is 695. The van der Waals surface area contributed by atoms with Crippen molar-refractivity contribution in [2.45, 2.75) is 32.7 Å². The summed E-state index contributed by atoms with van der Waals surface area (Å²) in [4.78, 5) is 20.6. The Kier molecular flexibility index (Phi) is 5.73. The van der Waals surface area contributed by atoms with E-state index in [0.29, 0.717) is 18.2 Å². The molecule has 2 rings (SSSR count). The van der Waals surface area contributed by atoms with Crippen LogP contribution >= 0.6 is 0 Å². The molecule has 0 aliphatic rings. The number of hydrogen-bond donors (Lipinski definition) is 2. The van der Waals surface area contributed by atoms with Gasteiger partial charge in [0, 0.05) is 18.3 Å². The molecule has 2 N–H and O–H groups in total. The third-order valence-electron chi connectivity index (χ3n) is 3.25. The molecule has 0 saturated heterocycles. The minimum absolute atomic E-state index is 0.210. The van der Waals surface area contributed by atoms with E-state index in [1.807, 2.05) is 45.0 Å². The second-order valence-electron chi connectivity index (χ2n) is 6.46. The maximum Gasteiger partial charge on any atom is 0.270 e. The summed E-state index contributed by atoms with van der Waals surface area (Å²) in [5.74, 6) is 1.09. The molecular formula is C18H24N4O2. The minimum atomic E-state index is -0.306. The van der Waals surface area contributed by atoms with Crippen LogP contribution in [-0.2, 0) is 6.42 Å². The van der Waals surface area contributed by atoms with E-state index in [0.717, 1.165) is 17.7 Å². The van der Waals surface area contributed by atoms with Crippen molar-refractivity contribution in [1.29, 1.82) is 0 Å². The van der Waals surface area contributed by atoms with Crippen molar-refractivity contribution in [3.05, 3.63) is 47.8 Å². The summed E-state index contributed by atoms with van der Waals surface area (Å²) in [5.41, 5.74) is 1.15. The normalized spacial score (nSPS) is 11.0. The Labute approximate surface area is 142 Å². The van der Waals surface area contributed by atoms with Gasteiger partial charge in [0.1, 0.15) is 11.4 Å². The van der Waals surface area contributed by atoms with E-state index in [-0.39, 0.29) is 11.4 Å². The summed E-state index contributed by atoms with van der Waals surface area (Å²) in [6, 6.07) is 9.48. The van der Waals surface area contributed by atoms with Gasteiger partial charge >= 0.3 is 0 Å². The summed E-state index contributed by atoms with van der Waals surface area (Å²) in [6.45, 7) is 6.43. The predicted molar refractivity (Wildman–Crippen MR) is 94.4 cm³/mol. The van der Waals surface area contributed by atoms with E-state index in [4.69, 9.17) is 4.74 Å². The van der Waals surface area contributed by atoms with Crippen LogP contribution in [0.5, 0.6) is 5.75 Å². The summed E-state index contributed by atoms with van der Waals surface area (Å²) in [6.07, 6.45) is 2.35. The average molecular weight is 328 g/mol. The number of amides is 1. The number of aromatic nitrogens is 2. The first-order chi connectivity index (χ1) is 11.4. The van der Waals surface area contributed by atoms with Crippen LogP contribution in [0.25, 0.3) is 0 Å². The Morgan fingerprint density at radius 3 is 2.67 bits per heavy atom. The van der Waals surface area contributed by atoms with Crippen molar-refractivity contribution in [2.24, 2.45) is 0 Å². The number of ether oxygens (including phenoxy) is 1. The van der Waals surface area contributed by atoms with Crippen LogP contribution in [0.3, 0.4) is 0 Å². The van der Waals surface area contributed by atoms with E-state index in [1.54, 1.807) is 19.4 Å². The van der Waals surface area contributed by atoms with Gasteiger partial charge in [-0.25, -0.2) is 9.97 Å². The molecule has 24 heavy (non-hydrogen) atoms. The highest BCUT2D eigenvalue weighted by Gasteiger charge is 2.16.